The number of anilines is 3. The minimum absolute atomic E-state index is 0.569. The van der Waals surface area contributed by atoms with Gasteiger partial charge in [-0.3, -0.25) is 0 Å². The summed E-state index contributed by atoms with van der Waals surface area (Å²) in [5.74, 6) is 2.97. The molecule has 7 nitrogen and oxygen atoms in total. The molecule has 30 heavy (non-hydrogen) atoms. The highest BCUT2D eigenvalue weighted by Gasteiger charge is 2.15. The molecule has 1 saturated heterocycles. The SMILES string of the molecule is CN(c1ccc(Oc2ncnc3sccc23)cc1)c1nccc(N2CCCCC2)n1. The molecule has 4 aromatic rings. The van der Waals surface area contributed by atoms with E-state index in [2.05, 4.69) is 19.9 Å². The average molecular weight is 419 g/mol. The second kappa shape index (κ2) is 8.23. The molecule has 1 fully saturated rings. The standard InChI is InChI=1S/C22H22N6OS/c1-27(22-23-11-9-19(26-22)28-12-3-2-4-13-28)16-5-7-17(8-6-16)29-20-18-10-14-30-21(18)25-15-24-20/h5-11,14-15H,2-4,12-13H2,1H3. The van der Waals surface area contributed by atoms with Gasteiger partial charge in [-0.25, -0.2) is 15.0 Å². The first-order chi connectivity index (χ1) is 14.8. The molecule has 0 amide bonds. The molecule has 3 aromatic heterocycles. The fraction of sp³-hybridized carbons (Fsp3) is 0.273. The van der Waals surface area contributed by atoms with Crippen LogP contribution in [0.5, 0.6) is 11.6 Å². The summed E-state index contributed by atoms with van der Waals surface area (Å²) in [6.45, 7) is 2.12. The van der Waals surface area contributed by atoms with Crippen molar-refractivity contribution in [3.63, 3.8) is 0 Å². The molecule has 0 atom stereocenters. The fourth-order valence-corrected chi connectivity index (χ4v) is 4.34. The maximum atomic E-state index is 5.99. The number of aromatic nitrogens is 4. The molecule has 152 valence electrons. The minimum Gasteiger partial charge on any atom is -0.438 e. The summed E-state index contributed by atoms with van der Waals surface area (Å²) in [5.41, 5.74) is 0.988. The molecular weight excluding hydrogens is 396 g/mol. The summed E-state index contributed by atoms with van der Waals surface area (Å²) in [6, 6.07) is 11.8. The predicted molar refractivity (Wildman–Crippen MR) is 120 cm³/mol. The van der Waals surface area contributed by atoms with Crippen molar-refractivity contribution in [2.75, 3.05) is 29.9 Å². The molecule has 4 heterocycles. The summed E-state index contributed by atoms with van der Waals surface area (Å²) < 4.78 is 5.99. The van der Waals surface area contributed by atoms with E-state index in [1.807, 2.05) is 59.9 Å². The van der Waals surface area contributed by atoms with Gasteiger partial charge in [-0.05, 0) is 61.0 Å². The average Bonchev–Trinajstić information content (AvgIpc) is 3.30. The quantitative estimate of drug-likeness (QED) is 0.450. The van der Waals surface area contributed by atoms with Crippen LogP contribution < -0.4 is 14.5 Å². The highest BCUT2D eigenvalue weighted by molar-refractivity contribution is 7.16. The van der Waals surface area contributed by atoms with Crippen LogP contribution in [0.4, 0.5) is 17.5 Å². The van der Waals surface area contributed by atoms with E-state index in [0.29, 0.717) is 11.8 Å². The largest absolute Gasteiger partial charge is 0.438 e. The Labute approximate surface area is 179 Å². The van der Waals surface area contributed by atoms with Crippen molar-refractivity contribution in [1.29, 1.82) is 0 Å². The number of ether oxygens (including phenoxy) is 1. The van der Waals surface area contributed by atoms with E-state index in [0.717, 1.165) is 40.6 Å². The number of benzene rings is 1. The highest BCUT2D eigenvalue weighted by Crippen LogP contribution is 2.31. The lowest BCUT2D eigenvalue weighted by Gasteiger charge is -2.28. The van der Waals surface area contributed by atoms with Crippen LogP contribution in [0.3, 0.4) is 0 Å². The van der Waals surface area contributed by atoms with E-state index < -0.39 is 0 Å². The van der Waals surface area contributed by atoms with Crippen LogP contribution >= 0.6 is 11.3 Å². The maximum Gasteiger partial charge on any atom is 0.231 e. The van der Waals surface area contributed by atoms with Gasteiger partial charge in [0.15, 0.2) is 0 Å². The van der Waals surface area contributed by atoms with Gasteiger partial charge in [0.05, 0.1) is 5.39 Å². The zero-order valence-corrected chi connectivity index (χ0v) is 17.5. The van der Waals surface area contributed by atoms with Crippen LogP contribution in [0.15, 0.2) is 54.3 Å². The third kappa shape index (κ3) is 3.78. The van der Waals surface area contributed by atoms with E-state index in [-0.39, 0.29) is 0 Å². The molecular formula is C22H22N6OS. The minimum atomic E-state index is 0.569. The van der Waals surface area contributed by atoms with Gasteiger partial charge in [-0.2, -0.15) is 4.98 Å². The van der Waals surface area contributed by atoms with Crippen LogP contribution in [0, 0.1) is 0 Å². The Balaban J connectivity index is 1.33. The second-order valence-electron chi connectivity index (χ2n) is 7.24. The Morgan fingerprint density at radius 1 is 0.967 bits per heavy atom. The van der Waals surface area contributed by atoms with Crippen molar-refractivity contribution >= 4 is 39.0 Å². The first-order valence-electron chi connectivity index (χ1n) is 10.1. The van der Waals surface area contributed by atoms with E-state index >= 15 is 0 Å². The van der Waals surface area contributed by atoms with Crippen LogP contribution in [0.2, 0.25) is 0 Å². The molecule has 1 aromatic carbocycles. The molecule has 0 N–H and O–H groups in total. The lowest BCUT2D eigenvalue weighted by Crippen LogP contribution is -2.30. The topological polar surface area (TPSA) is 67.3 Å². The van der Waals surface area contributed by atoms with Gasteiger partial charge in [-0.15, -0.1) is 11.3 Å². The molecule has 8 heteroatoms. The zero-order valence-electron chi connectivity index (χ0n) is 16.7. The van der Waals surface area contributed by atoms with Crippen LogP contribution in [0.1, 0.15) is 19.3 Å². The van der Waals surface area contributed by atoms with Gasteiger partial charge in [0.1, 0.15) is 22.7 Å². The van der Waals surface area contributed by atoms with Gasteiger partial charge in [0.25, 0.3) is 0 Å². The summed E-state index contributed by atoms with van der Waals surface area (Å²) in [5, 5.41) is 2.91. The number of fused-ring (bicyclic) bond motifs is 1. The van der Waals surface area contributed by atoms with Crippen LogP contribution in [-0.4, -0.2) is 40.1 Å². The van der Waals surface area contributed by atoms with Gasteiger partial charge < -0.3 is 14.5 Å². The molecule has 0 aliphatic carbocycles. The van der Waals surface area contributed by atoms with Gasteiger partial charge in [0, 0.05) is 32.0 Å². The molecule has 0 saturated carbocycles. The Bertz CT molecular complexity index is 1140. The third-order valence-corrected chi connectivity index (χ3v) is 6.09. The normalized spacial score (nSPS) is 14.1. The van der Waals surface area contributed by atoms with E-state index in [9.17, 15) is 0 Å². The van der Waals surface area contributed by atoms with Gasteiger partial charge in [-0.1, -0.05) is 0 Å². The van der Waals surface area contributed by atoms with Crippen molar-refractivity contribution in [1.82, 2.24) is 19.9 Å². The lowest BCUT2D eigenvalue weighted by atomic mass is 10.1. The third-order valence-electron chi connectivity index (χ3n) is 5.27. The van der Waals surface area contributed by atoms with Crippen LogP contribution in [-0.2, 0) is 0 Å². The van der Waals surface area contributed by atoms with Crippen molar-refractivity contribution < 1.29 is 4.74 Å². The Morgan fingerprint density at radius 2 is 1.80 bits per heavy atom. The lowest BCUT2D eigenvalue weighted by molar-refractivity contribution is 0.468. The molecule has 0 radical (unpaired) electrons. The monoisotopic (exact) mass is 418 g/mol. The summed E-state index contributed by atoms with van der Waals surface area (Å²) in [7, 11) is 1.98. The second-order valence-corrected chi connectivity index (χ2v) is 8.13. The number of thiophene rings is 1. The summed E-state index contributed by atoms with van der Waals surface area (Å²) in [6.07, 6.45) is 7.11. The zero-order chi connectivity index (χ0) is 20.3. The summed E-state index contributed by atoms with van der Waals surface area (Å²) >= 11 is 1.57. The van der Waals surface area contributed by atoms with Crippen molar-refractivity contribution in [3.8, 4) is 11.6 Å². The maximum absolute atomic E-state index is 5.99. The number of piperidine rings is 1. The van der Waals surface area contributed by atoms with Gasteiger partial charge >= 0.3 is 0 Å². The number of rotatable bonds is 5. The Morgan fingerprint density at radius 3 is 2.63 bits per heavy atom. The highest BCUT2D eigenvalue weighted by atomic mass is 32.1. The first-order valence-corrected chi connectivity index (χ1v) is 10.9. The Kier molecular flexibility index (Phi) is 5.15. The van der Waals surface area contributed by atoms with Crippen molar-refractivity contribution in [3.05, 3.63) is 54.3 Å². The number of nitrogens with zero attached hydrogens (tertiary/aromatic N) is 6. The van der Waals surface area contributed by atoms with E-state index in [1.165, 1.54) is 25.6 Å². The fourth-order valence-electron chi connectivity index (χ4n) is 3.61. The molecule has 1 aliphatic rings. The van der Waals surface area contributed by atoms with Crippen LogP contribution in [0.25, 0.3) is 10.2 Å². The molecule has 0 spiro atoms. The van der Waals surface area contributed by atoms with E-state index in [4.69, 9.17) is 9.72 Å². The molecule has 0 bridgehead atoms. The molecule has 0 unspecified atom stereocenters. The number of hydrogen-bond acceptors (Lipinski definition) is 8. The van der Waals surface area contributed by atoms with E-state index in [1.54, 1.807) is 11.3 Å². The van der Waals surface area contributed by atoms with Gasteiger partial charge in [0.2, 0.25) is 11.8 Å². The van der Waals surface area contributed by atoms with Crippen molar-refractivity contribution in [2.24, 2.45) is 0 Å². The summed E-state index contributed by atoms with van der Waals surface area (Å²) in [4.78, 5) is 23.0. The first kappa shape index (κ1) is 18.7. The Hall–Kier alpha value is -3.26. The predicted octanol–water partition coefficient (Wildman–Crippen LogP) is 5.03. The van der Waals surface area contributed by atoms with Crippen molar-refractivity contribution in [2.45, 2.75) is 19.3 Å². The molecule has 5 rings (SSSR count). The molecule has 1 aliphatic heterocycles. The smallest absolute Gasteiger partial charge is 0.231 e. The number of hydrogen-bond donors (Lipinski definition) is 0.